The van der Waals surface area contributed by atoms with Gasteiger partial charge in [-0.2, -0.15) is 0 Å². The molecule has 2 aromatic heterocycles. The van der Waals surface area contributed by atoms with Crippen LogP contribution in [-0.4, -0.2) is 19.1 Å². The quantitative estimate of drug-likeness (QED) is 0.918. The molecule has 0 aromatic carbocycles. The van der Waals surface area contributed by atoms with Gasteiger partial charge in [-0.15, -0.1) is 0 Å². The zero-order valence-electron chi connectivity index (χ0n) is 11.8. The molecule has 0 saturated heterocycles. The lowest BCUT2D eigenvalue weighted by molar-refractivity contribution is 0.646. The Morgan fingerprint density at radius 1 is 1.42 bits per heavy atom. The van der Waals surface area contributed by atoms with Gasteiger partial charge in [0.1, 0.15) is 17.3 Å². The summed E-state index contributed by atoms with van der Waals surface area (Å²) in [5.74, 6) is 2.27. The Bertz CT molecular complexity index is 589. The molecule has 1 aliphatic rings. The molecule has 19 heavy (non-hydrogen) atoms. The maximum Gasteiger partial charge on any atom is 0.133 e. The number of aryl methyl sites for hydroxylation is 1. The van der Waals surface area contributed by atoms with Crippen molar-refractivity contribution in [2.75, 3.05) is 5.73 Å². The maximum absolute atomic E-state index is 6.36. The van der Waals surface area contributed by atoms with E-state index < -0.39 is 0 Å². The summed E-state index contributed by atoms with van der Waals surface area (Å²) in [6.45, 7) is 7.31. The monoisotopic (exact) mass is 259 g/mol. The third kappa shape index (κ3) is 1.93. The zero-order chi connectivity index (χ0) is 13.6. The normalized spacial score (nSPS) is 15.4. The van der Waals surface area contributed by atoms with Crippen LogP contribution in [0.25, 0.3) is 11.4 Å². The first-order valence-electron chi connectivity index (χ1n) is 7.01. The number of aromatic nitrogens is 4. The smallest absolute Gasteiger partial charge is 0.133 e. The molecule has 3 rings (SSSR count). The van der Waals surface area contributed by atoms with Crippen LogP contribution in [0.3, 0.4) is 0 Å². The first-order valence-corrected chi connectivity index (χ1v) is 7.01. The minimum atomic E-state index is 0.384. The second-order valence-electron chi connectivity index (χ2n) is 5.52. The lowest BCUT2D eigenvalue weighted by Gasteiger charge is -2.10. The Kier molecular flexibility index (Phi) is 2.84. The largest absolute Gasteiger partial charge is 0.383 e. The van der Waals surface area contributed by atoms with Gasteiger partial charge in [0.25, 0.3) is 0 Å². The Hall–Kier alpha value is -1.78. The Labute approximate surface area is 113 Å². The molecular weight excluding hydrogens is 238 g/mol. The van der Waals surface area contributed by atoms with E-state index in [0.29, 0.717) is 12.0 Å². The first kappa shape index (κ1) is 12.3. The van der Waals surface area contributed by atoms with Crippen molar-refractivity contribution in [3.63, 3.8) is 0 Å². The second kappa shape index (κ2) is 4.40. The molecule has 102 valence electrons. The average Bonchev–Trinajstić information content (AvgIpc) is 3.00. The standard InChI is InChI=1S/C14H21N5/c1-4-18-8-16-7-11(18)12-13(15)19(10-5-6-10)14(17-12)9(2)3/h7-10H,4-6,15H2,1-3H3. The van der Waals surface area contributed by atoms with Crippen molar-refractivity contribution >= 4 is 5.82 Å². The minimum absolute atomic E-state index is 0.384. The van der Waals surface area contributed by atoms with Gasteiger partial charge in [0, 0.05) is 18.5 Å². The molecular formula is C14H21N5. The fraction of sp³-hybridized carbons (Fsp3) is 0.571. The van der Waals surface area contributed by atoms with Crippen molar-refractivity contribution in [2.45, 2.75) is 52.1 Å². The SMILES string of the molecule is CCn1cncc1-c1nc(C(C)C)n(C2CC2)c1N. The molecule has 0 unspecified atom stereocenters. The molecule has 1 aliphatic carbocycles. The highest BCUT2D eigenvalue weighted by Crippen LogP contribution is 2.42. The van der Waals surface area contributed by atoms with E-state index in [-0.39, 0.29) is 0 Å². The fourth-order valence-electron chi connectivity index (χ4n) is 2.55. The highest BCUT2D eigenvalue weighted by atomic mass is 15.2. The van der Waals surface area contributed by atoms with Gasteiger partial charge in [-0.05, 0) is 19.8 Å². The van der Waals surface area contributed by atoms with Crippen molar-refractivity contribution in [3.05, 3.63) is 18.3 Å². The van der Waals surface area contributed by atoms with Crippen LogP contribution >= 0.6 is 0 Å². The Morgan fingerprint density at radius 2 is 2.16 bits per heavy atom. The molecule has 5 nitrogen and oxygen atoms in total. The predicted octanol–water partition coefficient (Wildman–Crippen LogP) is 2.81. The van der Waals surface area contributed by atoms with Crippen LogP contribution in [0.1, 0.15) is 51.4 Å². The Morgan fingerprint density at radius 3 is 2.74 bits per heavy atom. The highest BCUT2D eigenvalue weighted by Gasteiger charge is 2.31. The van der Waals surface area contributed by atoms with Crippen LogP contribution in [0.4, 0.5) is 5.82 Å². The fourth-order valence-corrected chi connectivity index (χ4v) is 2.55. The molecule has 1 fully saturated rings. The lowest BCUT2D eigenvalue weighted by Crippen LogP contribution is -2.06. The molecule has 0 bridgehead atoms. The summed E-state index contributed by atoms with van der Waals surface area (Å²) in [6, 6.07) is 0.552. The minimum Gasteiger partial charge on any atom is -0.383 e. The van der Waals surface area contributed by atoms with E-state index in [4.69, 9.17) is 10.7 Å². The van der Waals surface area contributed by atoms with E-state index >= 15 is 0 Å². The number of hydrogen-bond acceptors (Lipinski definition) is 3. The number of nitrogens with zero attached hydrogens (tertiary/aromatic N) is 4. The Balaban J connectivity index is 2.14. The van der Waals surface area contributed by atoms with Crippen molar-refractivity contribution < 1.29 is 0 Å². The third-order valence-corrected chi connectivity index (χ3v) is 3.70. The summed E-state index contributed by atoms with van der Waals surface area (Å²) >= 11 is 0. The number of imidazole rings is 2. The molecule has 1 saturated carbocycles. The molecule has 2 N–H and O–H groups in total. The van der Waals surface area contributed by atoms with Crippen molar-refractivity contribution in [3.8, 4) is 11.4 Å². The number of nitrogen functional groups attached to an aromatic ring is 1. The highest BCUT2D eigenvalue weighted by molar-refractivity contribution is 5.68. The van der Waals surface area contributed by atoms with Gasteiger partial charge >= 0.3 is 0 Å². The second-order valence-corrected chi connectivity index (χ2v) is 5.52. The summed E-state index contributed by atoms with van der Waals surface area (Å²) in [4.78, 5) is 9.01. The molecule has 2 heterocycles. The van der Waals surface area contributed by atoms with Crippen LogP contribution in [0.5, 0.6) is 0 Å². The van der Waals surface area contributed by atoms with E-state index in [1.54, 1.807) is 0 Å². The molecule has 2 aromatic rings. The summed E-state index contributed by atoms with van der Waals surface area (Å²) < 4.78 is 4.31. The maximum atomic E-state index is 6.36. The van der Waals surface area contributed by atoms with Gasteiger partial charge in [0.15, 0.2) is 0 Å². The molecule has 5 heteroatoms. The van der Waals surface area contributed by atoms with Crippen LogP contribution < -0.4 is 5.73 Å². The molecule has 0 amide bonds. The van der Waals surface area contributed by atoms with E-state index in [9.17, 15) is 0 Å². The summed E-state index contributed by atoms with van der Waals surface area (Å²) in [5.41, 5.74) is 8.26. The number of nitrogens with two attached hydrogens (primary N) is 1. The lowest BCUT2D eigenvalue weighted by atomic mass is 10.2. The predicted molar refractivity (Wildman–Crippen MR) is 75.9 cm³/mol. The van der Waals surface area contributed by atoms with Crippen LogP contribution in [0, 0.1) is 0 Å². The summed E-state index contributed by atoms with van der Waals surface area (Å²) in [6.07, 6.45) is 6.11. The zero-order valence-corrected chi connectivity index (χ0v) is 11.8. The number of anilines is 1. The molecule has 0 aliphatic heterocycles. The summed E-state index contributed by atoms with van der Waals surface area (Å²) in [7, 11) is 0. The van der Waals surface area contributed by atoms with Gasteiger partial charge in [-0.1, -0.05) is 13.8 Å². The van der Waals surface area contributed by atoms with Crippen LogP contribution in [-0.2, 0) is 6.54 Å². The molecule has 0 radical (unpaired) electrons. The number of hydrogen-bond donors (Lipinski definition) is 1. The van der Waals surface area contributed by atoms with Gasteiger partial charge in [0.2, 0.25) is 0 Å². The van der Waals surface area contributed by atoms with E-state index in [2.05, 4.69) is 34.9 Å². The van der Waals surface area contributed by atoms with E-state index in [1.165, 1.54) is 12.8 Å². The van der Waals surface area contributed by atoms with E-state index in [1.807, 2.05) is 12.5 Å². The first-order chi connectivity index (χ1) is 9.13. The van der Waals surface area contributed by atoms with Crippen molar-refractivity contribution in [1.82, 2.24) is 19.1 Å². The average molecular weight is 259 g/mol. The van der Waals surface area contributed by atoms with Gasteiger partial charge in [-0.25, -0.2) is 9.97 Å². The van der Waals surface area contributed by atoms with Gasteiger partial charge in [-0.3, -0.25) is 0 Å². The molecule has 0 spiro atoms. The van der Waals surface area contributed by atoms with Gasteiger partial charge < -0.3 is 14.9 Å². The van der Waals surface area contributed by atoms with E-state index in [0.717, 1.165) is 29.6 Å². The summed E-state index contributed by atoms with van der Waals surface area (Å²) in [5, 5.41) is 0. The topological polar surface area (TPSA) is 61.7 Å². The number of rotatable bonds is 4. The molecule has 0 atom stereocenters. The van der Waals surface area contributed by atoms with Crippen LogP contribution in [0.15, 0.2) is 12.5 Å². The van der Waals surface area contributed by atoms with Crippen molar-refractivity contribution in [1.29, 1.82) is 0 Å². The van der Waals surface area contributed by atoms with Crippen molar-refractivity contribution in [2.24, 2.45) is 0 Å². The van der Waals surface area contributed by atoms with Gasteiger partial charge in [0.05, 0.1) is 18.2 Å². The third-order valence-electron chi connectivity index (χ3n) is 3.70. The van der Waals surface area contributed by atoms with Crippen LogP contribution in [0.2, 0.25) is 0 Å².